The standard InChI is InChI=1S/C14H21BrN2O/c1-4-8-17(11-14(18)16(2)3)10-12-6-5-7-13(15)9-12/h5-7,9H,4,8,10-11H2,1-3H3. The molecule has 1 aromatic carbocycles. The van der Waals surface area contributed by atoms with Crippen molar-refractivity contribution in [2.24, 2.45) is 0 Å². The van der Waals surface area contributed by atoms with Crippen LogP contribution in [0.5, 0.6) is 0 Å². The molecule has 0 spiro atoms. The number of carbonyl (C=O) groups is 1. The van der Waals surface area contributed by atoms with E-state index < -0.39 is 0 Å². The molecule has 1 amide bonds. The van der Waals surface area contributed by atoms with Crippen molar-refractivity contribution in [3.8, 4) is 0 Å². The Hall–Kier alpha value is -0.870. The monoisotopic (exact) mass is 312 g/mol. The second-order valence-corrected chi connectivity index (χ2v) is 5.54. The van der Waals surface area contributed by atoms with Gasteiger partial charge in [0.1, 0.15) is 0 Å². The predicted molar refractivity (Wildman–Crippen MR) is 78.4 cm³/mol. The minimum Gasteiger partial charge on any atom is -0.348 e. The van der Waals surface area contributed by atoms with Gasteiger partial charge in [0.2, 0.25) is 5.91 Å². The second kappa shape index (κ2) is 7.54. The molecule has 4 heteroatoms. The normalized spacial score (nSPS) is 10.7. The highest BCUT2D eigenvalue weighted by Gasteiger charge is 2.12. The van der Waals surface area contributed by atoms with E-state index in [-0.39, 0.29) is 5.91 Å². The first-order valence-corrected chi connectivity index (χ1v) is 6.99. The summed E-state index contributed by atoms with van der Waals surface area (Å²) < 4.78 is 1.08. The fourth-order valence-electron chi connectivity index (χ4n) is 1.76. The van der Waals surface area contributed by atoms with Crippen LogP contribution in [0.1, 0.15) is 18.9 Å². The molecular weight excluding hydrogens is 292 g/mol. The maximum atomic E-state index is 11.8. The smallest absolute Gasteiger partial charge is 0.236 e. The van der Waals surface area contributed by atoms with Gasteiger partial charge in [0.15, 0.2) is 0 Å². The average Bonchev–Trinajstić information content (AvgIpc) is 2.29. The lowest BCUT2D eigenvalue weighted by Gasteiger charge is -2.23. The van der Waals surface area contributed by atoms with E-state index in [9.17, 15) is 4.79 Å². The summed E-state index contributed by atoms with van der Waals surface area (Å²) >= 11 is 3.47. The quantitative estimate of drug-likeness (QED) is 0.806. The van der Waals surface area contributed by atoms with Gasteiger partial charge in [-0.1, -0.05) is 35.0 Å². The Morgan fingerprint density at radius 2 is 2.06 bits per heavy atom. The summed E-state index contributed by atoms with van der Waals surface area (Å²) in [5, 5.41) is 0. The molecule has 0 radical (unpaired) electrons. The van der Waals surface area contributed by atoms with Crippen LogP contribution in [0.15, 0.2) is 28.7 Å². The molecule has 18 heavy (non-hydrogen) atoms. The Labute approximate surface area is 118 Å². The van der Waals surface area contributed by atoms with Crippen molar-refractivity contribution < 1.29 is 4.79 Å². The lowest BCUT2D eigenvalue weighted by molar-refractivity contribution is -0.130. The third-order valence-corrected chi connectivity index (χ3v) is 3.19. The molecule has 0 unspecified atom stereocenters. The minimum atomic E-state index is 0.151. The van der Waals surface area contributed by atoms with Crippen LogP contribution < -0.4 is 0 Å². The summed E-state index contributed by atoms with van der Waals surface area (Å²) in [7, 11) is 3.59. The van der Waals surface area contributed by atoms with Crippen molar-refractivity contribution in [2.45, 2.75) is 19.9 Å². The van der Waals surface area contributed by atoms with Gasteiger partial charge in [0.05, 0.1) is 6.54 Å². The molecule has 0 heterocycles. The van der Waals surface area contributed by atoms with Crippen LogP contribution in [-0.2, 0) is 11.3 Å². The molecule has 0 bridgehead atoms. The summed E-state index contributed by atoms with van der Waals surface area (Å²) in [5.41, 5.74) is 1.23. The molecule has 0 atom stereocenters. The SMILES string of the molecule is CCCN(CC(=O)N(C)C)Cc1cccc(Br)c1. The molecule has 1 aromatic rings. The van der Waals surface area contributed by atoms with Crippen molar-refractivity contribution in [1.82, 2.24) is 9.80 Å². The predicted octanol–water partition coefficient (Wildman–Crippen LogP) is 2.75. The summed E-state index contributed by atoms with van der Waals surface area (Å²) in [6.07, 6.45) is 1.05. The molecule has 3 nitrogen and oxygen atoms in total. The number of rotatable bonds is 6. The Bertz CT molecular complexity index is 393. The van der Waals surface area contributed by atoms with Crippen molar-refractivity contribution in [1.29, 1.82) is 0 Å². The van der Waals surface area contributed by atoms with Gasteiger partial charge in [-0.25, -0.2) is 0 Å². The van der Waals surface area contributed by atoms with E-state index in [1.54, 1.807) is 19.0 Å². The first kappa shape index (κ1) is 15.2. The number of nitrogens with zero attached hydrogens (tertiary/aromatic N) is 2. The molecule has 0 saturated heterocycles. The van der Waals surface area contributed by atoms with Crippen molar-refractivity contribution in [3.63, 3.8) is 0 Å². The third-order valence-electron chi connectivity index (χ3n) is 2.69. The van der Waals surface area contributed by atoms with Crippen molar-refractivity contribution in [3.05, 3.63) is 34.3 Å². The molecule has 1 rings (SSSR count). The summed E-state index contributed by atoms with van der Waals surface area (Å²) in [6.45, 7) is 4.36. The third kappa shape index (κ3) is 5.19. The van der Waals surface area contributed by atoms with Gasteiger partial charge >= 0.3 is 0 Å². The van der Waals surface area contributed by atoms with E-state index in [0.29, 0.717) is 6.54 Å². The lowest BCUT2D eigenvalue weighted by atomic mass is 10.2. The molecule has 0 aliphatic rings. The van der Waals surface area contributed by atoms with Crippen LogP contribution in [-0.4, -0.2) is 42.9 Å². The second-order valence-electron chi connectivity index (χ2n) is 4.63. The Morgan fingerprint density at radius 3 is 2.61 bits per heavy atom. The zero-order valence-corrected chi connectivity index (χ0v) is 12.9. The summed E-state index contributed by atoms with van der Waals surface area (Å²) in [4.78, 5) is 15.6. The van der Waals surface area contributed by atoms with Crippen LogP contribution in [0, 0.1) is 0 Å². The van der Waals surface area contributed by atoms with Gasteiger partial charge in [-0.05, 0) is 30.7 Å². The van der Waals surface area contributed by atoms with Crippen molar-refractivity contribution >= 4 is 21.8 Å². The van der Waals surface area contributed by atoms with Crippen LogP contribution in [0.3, 0.4) is 0 Å². The van der Waals surface area contributed by atoms with E-state index >= 15 is 0 Å². The molecule has 0 saturated carbocycles. The largest absolute Gasteiger partial charge is 0.348 e. The Morgan fingerprint density at radius 1 is 1.33 bits per heavy atom. The lowest BCUT2D eigenvalue weighted by Crippen LogP contribution is -2.36. The van der Waals surface area contributed by atoms with Gasteiger partial charge in [-0.3, -0.25) is 9.69 Å². The van der Waals surface area contributed by atoms with Crippen molar-refractivity contribution in [2.75, 3.05) is 27.2 Å². The van der Waals surface area contributed by atoms with E-state index in [1.807, 2.05) is 12.1 Å². The summed E-state index contributed by atoms with van der Waals surface area (Å²) in [6, 6.07) is 8.23. The highest BCUT2D eigenvalue weighted by Crippen LogP contribution is 2.13. The number of hydrogen-bond donors (Lipinski definition) is 0. The number of amides is 1. The topological polar surface area (TPSA) is 23.6 Å². The highest BCUT2D eigenvalue weighted by atomic mass is 79.9. The fraction of sp³-hybridized carbons (Fsp3) is 0.500. The number of likely N-dealkylation sites (N-methyl/N-ethyl adjacent to an activating group) is 1. The first-order valence-electron chi connectivity index (χ1n) is 6.20. The highest BCUT2D eigenvalue weighted by molar-refractivity contribution is 9.10. The zero-order valence-electron chi connectivity index (χ0n) is 11.3. The summed E-state index contributed by atoms with van der Waals surface area (Å²) in [5.74, 6) is 0.151. The maximum Gasteiger partial charge on any atom is 0.236 e. The van der Waals surface area contributed by atoms with E-state index in [1.165, 1.54) is 5.56 Å². The fourth-order valence-corrected chi connectivity index (χ4v) is 2.20. The van der Waals surface area contributed by atoms with Gasteiger partial charge in [0, 0.05) is 25.1 Å². The van der Waals surface area contributed by atoms with Gasteiger partial charge < -0.3 is 4.90 Å². The Balaban J connectivity index is 2.65. The number of carbonyl (C=O) groups excluding carboxylic acids is 1. The molecule has 0 aliphatic heterocycles. The number of hydrogen-bond acceptors (Lipinski definition) is 2. The van der Waals surface area contributed by atoms with Crippen LogP contribution in [0.25, 0.3) is 0 Å². The average molecular weight is 313 g/mol. The van der Waals surface area contributed by atoms with Crippen LogP contribution in [0.2, 0.25) is 0 Å². The first-order chi connectivity index (χ1) is 8.52. The Kier molecular flexibility index (Phi) is 6.36. The molecule has 0 aliphatic carbocycles. The number of halogens is 1. The molecule has 0 aromatic heterocycles. The minimum absolute atomic E-state index is 0.151. The van der Waals surface area contributed by atoms with Crippen LogP contribution in [0.4, 0.5) is 0 Å². The van der Waals surface area contributed by atoms with E-state index in [2.05, 4.69) is 39.9 Å². The number of benzene rings is 1. The molecular formula is C14H21BrN2O. The molecule has 0 fully saturated rings. The van der Waals surface area contributed by atoms with Crippen LogP contribution >= 0.6 is 15.9 Å². The van der Waals surface area contributed by atoms with Gasteiger partial charge in [-0.2, -0.15) is 0 Å². The van der Waals surface area contributed by atoms with E-state index in [4.69, 9.17) is 0 Å². The van der Waals surface area contributed by atoms with Gasteiger partial charge in [0.25, 0.3) is 0 Å². The molecule has 0 N–H and O–H groups in total. The van der Waals surface area contributed by atoms with Gasteiger partial charge in [-0.15, -0.1) is 0 Å². The maximum absolute atomic E-state index is 11.8. The van der Waals surface area contributed by atoms with E-state index in [0.717, 1.165) is 24.0 Å². The molecule has 100 valence electrons. The zero-order chi connectivity index (χ0) is 13.5.